The molecule has 1 aromatic carbocycles. The number of hydrogen-bond donors (Lipinski definition) is 0. The van der Waals surface area contributed by atoms with E-state index in [1.807, 2.05) is 0 Å². The Bertz CT molecular complexity index is 677. The molecule has 0 bridgehead atoms. The highest BCUT2D eigenvalue weighted by Crippen LogP contribution is 2.34. The molecule has 7 nitrogen and oxygen atoms in total. The van der Waals surface area contributed by atoms with Gasteiger partial charge in [-0.1, -0.05) is 5.21 Å². The molecule has 1 fully saturated rings. The van der Waals surface area contributed by atoms with Crippen LogP contribution in [0.5, 0.6) is 11.5 Å². The van der Waals surface area contributed by atoms with Gasteiger partial charge >= 0.3 is 0 Å². The van der Waals surface area contributed by atoms with Gasteiger partial charge in [0.1, 0.15) is 29.0 Å². The summed E-state index contributed by atoms with van der Waals surface area (Å²) in [5.41, 5.74) is 1.60. The summed E-state index contributed by atoms with van der Waals surface area (Å²) in [5.74, 6) is 1.28. The van der Waals surface area contributed by atoms with Crippen molar-refractivity contribution in [1.29, 1.82) is 0 Å². The van der Waals surface area contributed by atoms with E-state index >= 15 is 0 Å². The van der Waals surface area contributed by atoms with E-state index in [-0.39, 0.29) is 11.8 Å². The zero-order chi connectivity index (χ0) is 15.5. The highest BCUT2D eigenvalue weighted by molar-refractivity contribution is 5.74. The van der Waals surface area contributed by atoms with Crippen LogP contribution < -0.4 is 9.47 Å². The molecule has 2 heterocycles. The van der Waals surface area contributed by atoms with Crippen molar-refractivity contribution in [3.05, 3.63) is 29.6 Å². The average molecular weight is 303 g/mol. The first-order chi connectivity index (χ1) is 10.8. The predicted molar refractivity (Wildman–Crippen MR) is 77.8 cm³/mol. The number of benzene rings is 1. The van der Waals surface area contributed by atoms with Crippen LogP contribution in [0.2, 0.25) is 0 Å². The lowest BCUT2D eigenvalue weighted by atomic mass is 10.1. The van der Waals surface area contributed by atoms with E-state index in [0.717, 1.165) is 12.8 Å². The molecule has 1 aromatic heterocycles. The Hall–Kier alpha value is -2.41. The molecule has 0 saturated carbocycles. The SMILES string of the molecule is COc1ccc(OC)c(-n2nnc(C=O)c2C2CCCO2)c1. The molecule has 2 aromatic rings. The lowest BCUT2D eigenvalue weighted by molar-refractivity contribution is 0.102. The van der Waals surface area contributed by atoms with Crippen molar-refractivity contribution in [1.82, 2.24) is 15.0 Å². The minimum Gasteiger partial charge on any atom is -0.497 e. The monoisotopic (exact) mass is 303 g/mol. The first-order valence-corrected chi connectivity index (χ1v) is 7.03. The molecule has 0 amide bonds. The number of carbonyl (C=O) groups is 1. The van der Waals surface area contributed by atoms with Crippen molar-refractivity contribution >= 4 is 6.29 Å². The molecule has 0 spiro atoms. The summed E-state index contributed by atoms with van der Waals surface area (Å²) in [6.07, 6.45) is 2.29. The largest absolute Gasteiger partial charge is 0.497 e. The molecule has 0 N–H and O–H groups in total. The molecule has 3 rings (SSSR count). The number of aromatic nitrogens is 3. The Labute approximate surface area is 127 Å². The van der Waals surface area contributed by atoms with Gasteiger partial charge in [-0.3, -0.25) is 4.79 Å². The maximum absolute atomic E-state index is 11.3. The first kappa shape index (κ1) is 14.5. The third-order valence-corrected chi connectivity index (χ3v) is 3.69. The normalized spacial score (nSPS) is 17.5. The summed E-state index contributed by atoms with van der Waals surface area (Å²) in [7, 11) is 3.17. The number of ether oxygens (including phenoxy) is 3. The minimum absolute atomic E-state index is 0.189. The molecule has 0 radical (unpaired) electrons. The molecule has 7 heteroatoms. The van der Waals surface area contributed by atoms with Gasteiger partial charge in [-0.2, -0.15) is 0 Å². The van der Waals surface area contributed by atoms with Crippen molar-refractivity contribution in [2.24, 2.45) is 0 Å². The average Bonchev–Trinajstić information content (AvgIpc) is 3.22. The van der Waals surface area contributed by atoms with Gasteiger partial charge in [0.25, 0.3) is 0 Å². The number of rotatable bonds is 5. The van der Waals surface area contributed by atoms with E-state index in [9.17, 15) is 4.79 Å². The van der Waals surface area contributed by atoms with Crippen LogP contribution in [0.4, 0.5) is 0 Å². The van der Waals surface area contributed by atoms with Gasteiger partial charge in [0.2, 0.25) is 0 Å². The smallest absolute Gasteiger partial charge is 0.172 e. The fourth-order valence-corrected chi connectivity index (χ4v) is 2.62. The van der Waals surface area contributed by atoms with E-state index in [1.165, 1.54) is 0 Å². The lowest BCUT2D eigenvalue weighted by Crippen LogP contribution is -2.10. The van der Waals surface area contributed by atoms with Gasteiger partial charge in [-0.15, -0.1) is 5.10 Å². The summed E-state index contributed by atoms with van der Waals surface area (Å²) in [4.78, 5) is 11.3. The van der Waals surface area contributed by atoms with Crippen molar-refractivity contribution < 1.29 is 19.0 Å². The Morgan fingerprint density at radius 1 is 1.36 bits per heavy atom. The highest BCUT2D eigenvalue weighted by Gasteiger charge is 2.28. The fraction of sp³-hybridized carbons (Fsp3) is 0.400. The van der Waals surface area contributed by atoms with E-state index in [1.54, 1.807) is 37.1 Å². The predicted octanol–water partition coefficient (Wildman–Crippen LogP) is 1.95. The lowest BCUT2D eigenvalue weighted by Gasteiger charge is -2.15. The number of carbonyl (C=O) groups excluding carboxylic acids is 1. The Balaban J connectivity index is 2.15. The van der Waals surface area contributed by atoms with Crippen LogP contribution in [0.25, 0.3) is 5.69 Å². The van der Waals surface area contributed by atoms with E-state index < -0.39 is 0 Å². The first-order valence-electron chi connectivity index (χ1n) is 7.03. The van der Waals surface area contributed by atoms with Crippen LogP contribution in [0.3, 0.4) is 0 Å². The Kier molecular flexibility index (Phi) is 4.06. The summed E-state index contributed by atoms with van der Waals surface area (Å²) < 4.78 is 17.9. The second-order valence-corrected chi connectivity index (χ2v) is 4.93. The van der Waals surface area contributed by atoms with E-state index in [4.69, 9.17) is 14.2 Å². The fourth-order valence-electron chi connectivity index (χ4n) is 2.62. The minimum atomic E-state index is -0.189. The number of hydrogen-bond acceptors (Lipinski definition) is 6. The topological polar surface area (TPSA) is 75.5 Å². The maximum Gasteiger partial charge on any atom is 0.172 e. The standard InChI is InChI=1S/C15H17N3O4/c1-20-10-5-6-13(21-2)12(8-10)18-15(11(9-19)16-17-18)14-4-3-7-22-14/h5-6,8-9,14H,3-4,7H2,1-2H3. The zero-order valence-corrected chi connectivity index (χ0v) is 12.5. The summed E-state index contributed by atoms with van der Waals surface area (Å²) in [6, 6.07) is 5.38. The van der Waals surface area contributed by atoms with Gasteiger partial charge in [-0.25, -0.2) is 4.68 Å². The van der Waals surface area contributed by atoms with Gasteiger partial charge in [0.15, 0.2) is 12.0 Å². The quantitative estimate of drug-likeness (QED) is 0.786. The molecule has 1 atom stereocenters. The maximum atomic E-state index is 11.3. The Morgan fingerprint density at radius 3 is 2.86 bits per heavy atom. The Morgan fingerprint density at radius 2 is 2.23 bits per heavy atom. The number of nitrogens with zero attached hydrogens (tertiary/aromatic N) is 3. The second kappa shape index (κ2) is 6.15. The van der Waals surface area contributed by atoms with Crippen LogP contribution >= 0.6 is 0 Å². The van der Waals surface area contributed by atoms with E-state index in [0.29, 0.717) is 35.8 Å². The molecule has 116 valence electrons. The molecular weight excluding hydrogens is 286 g/mol. The van der Waals surface area contributed by atoms with Crippen LogP contribution in [-0.2, 0) is 4.74 Å². The summed E-state index contributed by atoms with van der Waals surface area (Å²) in [6.45, 7) is 0.670. The number of methoxy groups -OCH3 is 2. The summed E-state index contributed by atoms with van der Waals surface area (Å²) >= 11 is 0. The van der Waals surface area contributed by atoms with Crippen molar-refractivity contribution in [2.75, 3.05) is 20.8 Å². The summed E-state index contributed by atoms with van der Waals surface area (Å²) in [5, 5.41) is 8.06. The van der Waals surface area contributed by atoms with E-state index in [2.05, 4.69) is 10.3 Å². The molecule has 22 heavy (non-hydrogen) atoms. The van der Waals surface area contributed by atoms with Gasteiger partial charge in [0, 0.05) is 12.7 Å². The van der Waals surface area contributed by atoms with Gasteiger partial charge in [-0.05, 0) is 25.0 Å². The molecular formula is C15H17N3O4. The number of aldehydes is 1. The van der Waals surface area contributed by atoms with Crippen LogP contribution in [0.1, 0.15) is 35.1 Å². The van der Waals surface area contributed by atoms with Crippen LogP contribution in [-0.4, -0.2) is 42.1 Å². The highest BCUT2D eigenvalue weighted by atomic mass is 16.5. The molecule has 1 unspecified atom stereocenters. The zero-order valence-electron chi connectivity index (χ0n) is 12.5. The van der Waals surface area contributed by atoms with Crippen LogP contribution in [0, 0.1) is 0 Å². The molecule has 1 saturated heterocycles. The molecule has 1 aliphatic rings. The van der Waals surface area contributed by atoms with Crippen molar-refractivity contribution in [3.63, 3.8) is 0 Å². The molecule has 1 aliphatic heterocycles. The second-order valence-electron chi connectivity index (χ2n) is 4.93. The van der Waals surface area contributed by atoms with Gasteiger partial charge in [0.05, 0.1) is 14.2 Å². The third-order valence-electron chi connectivity index (χ3n) is 3.69. The third kappa shape index (κ3) is 2.43. The van der Waals surface area contributed by atoms with Crippen molar-refractivity contribution in [3.8, 4) is 17.2 Å². The van der Waals surface area contributed by atoms with Crippen LogP contribution in [0.15, 0.2) is 18.2 Å². The van der Waals surface area contributed by atoms with Crippen molar-refractivity contribution in [2.45, 2.75) is 18.9 Å². The van der Waals surface area contributed by atoms with Gasteiger partial charge < -0.3 is 14.2 Å². The molecule has 0 aliphatic carbocycles.